The molecule has 0 radical (unpaired) electrons. The summed E-state index contributed by atoms with van der Waals surface area (Å²) in [7, 11) is 0. The van der Waals surface area contributed by atoms with Crippen LogP contribution in [0, 0.1) is 5.92 Å². The van der Waals surface area contributed by atoms with Gasteiger partial charge in [0.05, 0.1) is 12.7 Å². The van der Waals surface area contributed by atoms with Gasteiger partial charge in [0.25, 0.3) is 0 Å². The second kappa shape index (κ2) is 5.94. The molecule has 0 bridgehead atoms. The Labute approximate surface area is 105 Å². The number of hydrogen-bond donors (Lipinski definition) is 0. The van der Waals surface area contributed by atoms with Gasteiger partial charge in [0.1, 0.15) is 10.0 Å². The van der Waals surface area contributed by atoms with Gasteiger partial charge >= 0.3 is 0 Å². The molecule has 0 aromatic carbocycles. The van der Waals surface area contributed by atoms with Gasteiger partial charge in [-0.25, -0.2) is 0 Å². The maximum absolute atomic E-state index is 5.93. The van der Waals surface area contributed by atoms with E-state index < -0.39 is 0 Å². The average molecular weight is 261 g/mol. The molecule has 16 heavy (non-hydrogen) atoms. The molecule has 1 aliphatic carbocycles. The minimum atomic E-state index is 0.386. The molecule has 1 aromatic rings. The topological polar surface area (TPSA) is 35.0 Å². The van der Waals surface area contributed by atoms with Crippen molar-refractivity contribution >= 4 is 23.1 Å². The van der Waals surface area contributed by atoms with Crippen molar-refractivity contribution in [2.45, 2.75) is 51.7 Å². The Balaban J connectivity index is 1.79. The van der Waals surface area contributed by atoms with Gasteiger partial charge in [0.2, 0.25) is 0 Å². The van der Waals surface area contributed by atoms with Crippen molar-refractivity contribution in [2.75, 3.05) is 0 Å². The third-order valence-electron chi connectivity index (χ3n) is 3.28. The maximum atomic E-state index is 5.93. The van der Waals surface area contributed by atoms with E-state index in [0.717, 1.165) is 11.6 Å². The summed E-state index contributed by atoms with van der Waals surface area (Å²) >= 11 is 7.15. The summed E-state index contributed by atoms with van der Waals surface area (Å²) in [5, 5.41) is 3.95. The van der Waals surface area contributed by atoms with Crippen LogP contribution in [0.2, 0.25) is 4.34 Å². The van der Waals surface area contributed by atoms with E-state index in [1.54, 1.807) is 0 Å². The van der Waals surface area contributed by atoms with Crippen LogP contribution in [0.3, 0.4) is 0 Å². The molecule has 2 atom stereocenters. The Morgan fingerprint density at radius 2 is 2.38 bits per heavy atom. The molecule has 0 aliphatic heterocycles. The third kappa shape index (κ3) is 3.15. The molecule has 0 N–H and O–H groups in total. The standard InChI is InChI=1S/C11H17ClN2OS/c1-2-8-4-3-5-9(6-8)15-7-10-11(12)16-14-13-10/h8-9H,2-7H2,1H3. The zero-order chi connectivity index (χ0) is 11.4. The second-order valence-electron chi connectivity index (χ2n) is 4.37. The highest BCUT2D eigenvalue weighted by Gasteiger charge is 2.21. The van der Waals surface area contributed by atoms with Crippen molar-refractivity contribution in [2.24, 2.45) is 5.92 Å². The molecule has 0 amide bonds. The molecule has 90 valence electrons. The second-order valence-corrected chi connectivity index (χ2v) is 5.72. The molecule has 2 rings (SSSR count). The monoisotopic (exact) mass is 260 g/mol. The van der Waals surface area contributed by atoms with Crippen molar-refractivity contribution in [1.82, 2.24) is 9.59 Å². The van der Waals surface area contributed by atoms with E-state index in [2.05, 4.69) is 16.5 Å². The molecule has 5 heteroatoms. The normalized spacial score (nSPS) is 25.9. The van der Waals surface area contributed by atoms with Crippen LogP contribution in [-0.4, -0.2) is 15.7 Å². The van der Waals surface area contributed by atoms with Crippen LogP contribution in [-0.2, 0) is 11.3 Å². The Bertz CT molecular complexity index is 332. The first-order chi connectivity index (χ1) is 7.79. The van der Waals surface area contributed by atoms with Crippen LogP contribution in [0.5, 0.6) is 0 Å². The van der Waals surface area contributed by atoms with Crippen molar-refractivity contribution in [3.8, 4) is 0 Å². The summed E-state index contributed by atoms with van der Waals surface area (Å²) in [4.78, 5) is 0. The molecule has 2 unspecified atom stereocenters. The lowest BCUT2D eigenvalue weighted by atomic mass is 9.85. The maximum Gasteiger partial charge on any atom is 0.139 e. The highest BCUT2D eigenvalue weighted by Crippen LogP contribution is 2.29. The summed E-state index contributed by atoms with van der Waals surface area (Å²) in [6.07, 6.45) is 6.65. The first-order valence-electron chi connectivity index (χ1n) is 5.88. The summed E-state index contributed by atoms with van der Waals surface area (Å²) in [6, 6.07) is 0. The van der Waals surface area contributed by atoms with Crippen LogP contribution < -0.4 is 0 Å². The molecular formula is C11H17ClN2OS. The van der Waals surface area contributed by atoms with E-state index in [1.165, 1.54) is 43.6 Å². The van der Waals surface area contributed by atoms with Gasteiger partial charge in [-0.2, -0.15) is 0 Å². The molecule has 1 aliphatic rings. The molecule has 1 fully saturated rings. The van der Waals surface area contributed by atoms with Crippen LogP contribution in [0.15, 0.2) is 0 Å². The van der Waals surface area contributed by atoms with Gasteiger partial charge in [0, 0.05) is 11.5 Å². The number of nitrogens with zero attached hydrogens (tertiary/aromatic N) is 2. The zero-order valence-corrected chi connectivity index (χ0v) is 11.1. The van der Waals surface area contributed by atoms with E-state index in [-0.39, 0.29) is 0 Å². The van der Waals surface area contributed by atoms with E-state index in [4.69, 9.17) is 16.3 Å². The first-order valence-corrected chi connectivity index (χ1v) is 7.03. The van der Waals surface area contributed by atoms with Crippen molar-refractivity contribution in [1.29, 1.82) is 0 Å². The van der Waals surface area contributed by atoms with E-state index in [0.29, 0.717) is 17.0 Å². The van der Waals surface area contributed by atoms with Crippen LogP contribution in [0.1, 0.15) is 44.7 Å². The minimum Gasteiger partial charge on any atom is -0.372 e. The van der Waals surface area contributed by atoms with Crippen LogP contribution in [0.4, 0.5) is 0 Å². The predicted molar refractivity (Wildman–Crippen MR) is 65.7 cm³/mol. The molecule has 1 saturated carbocycles. The van der Waals surface area contributed by atoms with Crippen molar-refractivity contribution in [3.63, 3.8) is 0 Å². The Hall–Kier alpha value is -0.190. The smallest absolute Gasteiger partial charge is 0.139 e. The molecular weight excluding hydrogens is 244 g/mol. The van der Waals surface area contributed by atoms with E-state index >= 15 is 0 Å². The number of hydrogen-bond acceptors (Lipinski definition) is 4. The Kier molecular flexibility index (Phi) is 4.55. The minimum absolute atomic E-state index is 0.386. The van der Waals surface area contributed by atoms with Gasteiger partial charge in [-0.3, -0.25) is 0 Å². The summed E-state index contributed by atoms with van der Waals surface area (Å²) in [5.74, 6) is 0.836. The zero-order valence-electron chi connectivity index (χ0n) is 9.49. The number of aromatic nitrogens is 2. The van der Waals surface area contributed by atoms with Gasteiger partial charge in [-0.05, 0) is 18.8 Å². The van der Waals surface area contributed by atoms with Gasteiger partial charge in [0.15, 0.2) is 0 Å². The Morgan fingerprint density at radius 1 is 1.50 bits per heavy atom. The SMILES string of the molecule is CCC1CCCC(OCc2nnsc2Cl)C1. The fourth-order valence-electron chi connectivity index (χ4n) is 2.24. The third-order valence-corrected chi connectivity index (χ3v) is 4.26. The molecule has 3 nitrogen and oxygen atoms in total. The van der Waals surface area contributed by atoms with Crippen molar-refractivity contribution < 1.29 is 4.74 Å². The lowest BCUT2D eigenvalue weighted by Gasteiger charge is -2.28. The lowest BCUT2D eigenvalue weighted by Crippen LogP contribution is -2.22. The van der Waals surface area contributed by atoms with E-state index in [9.17, 15) is 0 Å². The van der Waals surface area contributed by atoms with Crippen molar-refractivity contribution in [3.05, 3.63) is 10.0 Å². The molecule has 0 spiro atoms. The predicted octanol–water partition coefficient (Wildman–Crippen LogP) is 3.68. The highest BCUT2D eigenvalue weighted by atomic mass is 35.5. The van der Waals surface area contributed by atoms with Gasteiger partial charge in [-0.15, -0.1) is 5.10 Å². The number of ether oxygens (including phenoxy) is 1. The first kappa shape index (κ1) is 12.3. The Morgan fingerprint density at radius 3 is 3.06 bits per heavy atom. The summed E-state index contributed by atoms with van der Waals surface area (Å²) < 4.78 is 10.3. The summed E-state index contributed by atoms with van der Waals surface area (Å²) in [5.41, 5.74) is 0.783. The number of halogens is 1. The fourth-order valence-corrected chi connectivity index (χ4v) is 2.84. The van der Waals surface area contributed by atoms with Gasteiger partial charge < -0.3 is 4.74 Å². The summed E-state index contributed by atoms with van der Waals surface area (Å²) in [6.45, 7) is 2.77. The fraction of sp³-hybridized carbons (Fsp3) is 0.818. The molecule has 1 aromatic heterocycles. The van der Waals surface area contributed by atoms with Crippen LogP contribution >= 0.6 is 23.1 Å². The molecule has 0 saturated heterocycles. The van der Waals surface area contributed by atoms with Crippen LogP contribution in [0.25, 0.3) is 0 Å². The van der Waals surface area contributed by atoms with Gasteiger partial charge in [-0.1, -0.05) is 42.3 Å². The average Bonchev–Trinajstić information content (AvgIpc) is 2.72. The molecule has 1 heterocycles. The number of rotatable bonds is 4. The quantitative estimate of drug-likeness (QED) is 0.828. The lowest BCUT2D eigenvalue weighted by molar-refractivity contribution is 0.000383. The highest BCUT2D eigenvalue weighted by molar-refractivity contribution is 7.10. The van der Waals surface area contributed by atoms with E-state index in [1.807, 2.05) is 0 Å². The largest absolute Gasteiger partial charge is 0.372 e.